The Morgan fingerprint density at radius 1 is 0.800 bits per heavy atom. The number of hydrogen-bond donors (Lipinski definition) is 0. The van der Waals surface area contributed by atoms with E-state index in [1.165, 1.54) is 0 Å². The summed E-state index contributed by atoms with van der Waals surface area (Å²) in [5, 5.41) is 0. The summed E-state index contributed by atoms with van der Waals surface area (Å²) in [5.74, 6) is 1.64. The predicted molar refractivity (Wildman–Crippen MR) is 169 cm³/mol. The zero-order valence-corrected chi connectivity index (χ0v) is 24.7. The molecule has 0 heterocycles. The van der Waals surface area contributed by atoms with Crippen molar-refractivity contribution in [1.82, 2.24) is 0 Å². The molecule has 3 aromatic rings. The fourth-order valence-electron chi connectivity index (χ4n) is 4.71. The fraction of sp³-hybridized carbons (Fsp3) is 0.243. The average molecular weight is 535 g/mol. The van der Waals surface area contributed by atoms with Gasteiger partial charge in [-0.1, -0.05) is 85.5 Å². The number of allylic oxidation sites excluding steroid dienone is 4. The van der Waals surface area contributed by atoms with Gasteiger partial charge in [-0.05, 0) is 104 Å². The van der Waals surface area contributed by atoms with E-state index in [0.29, 0.717) is 13.2 Å². The van der Waals surface area contributed by atoms with E-state index in [2.05, 4.69) is 80.3 Å². The molecule has 0 saturated heterocycles. The molecule has 40 heavy (non-hydrogen) atoms. The monoisotopic (exact) mass is 534 g/mol. The van der Waals surface area contributed by atoms with E-state index >= 15 is 0 Å². The van der Waals surface area contributed by atoms with Gasteiger partial charge in [0, 0.05) is 0 Å². The largest absolute Gasteiger partial charge is 0.497 e. The smallest absolute Gasteiger partial charge is 0.139 e. The van der Waals surface area contributed by atoms with E-state index in [0.717, 1.165) is 50.5 Å². The van der Waals surface area contributed by atoms with Gasteiger partial charge in [-0.3, -0.25) is 0 Å². The molecule has 0 N–H and O–H groups in total. The summed E-state index contributed by atoms with van der Waals surface area (Å²) in [5.41, 5.74) is 6.55. The predicted octanol–water partition coefficient (Wildman–Crippen LogP) is 9.77. The van der Waals surface area contributed by atoms with Gasteiger partial charge in [0.25, 0.3) is 0 Å². The van der Waals surface area contributed by atoms with Gasteiger partial charge in [0.15, 0.2) is 0 Å². The summed E-state index contributed by atoms with van der Waals surface area (Å²) < 4.78 is 18.3. The van der Waals surface area contributed by atoms with Crippen molar-refractivity contribution in [3.05, 3.63) is 144 Å². The van der Waals surface area contributed by atoms with Crippen LogP contribution in [0.4, 0.5) is 0 Å². The average Bonchev–Trinajstić information content (AvgIpc) is 3.00. The van der Waals surface area contributed by atoms with E-state index in [9.17, 15) is 0 Å². The molecule has 0 aliphatic carbocycles. The number of hydrogen-bond acceptors (Lipinski definition) is 3. The minimum Gasteiger partial charge on any atom is -0.497 e. The first-order valence-corrected chi connectivity index (χ1v) is 13.8. The van der Waals surface area contributed by atoms with Crippen molar-refractivity contribution in [2.24, 2.45) is 0 Å². The summed E-state index contributed by atoms with van der Waals surface area (Å²) >= 11 is 0. The van der Waals surface area contributed by atoms with Crippen LogP contribution in [0.1, 0.15) is 45.7 Å². The van der Waals surface area contributed by atoms with Gasteiger partial charge in [0.1, 0.15) is 23.7 Å². The maximum atomic E-state index is 6.86. The lowest BCUT2D eigenvalue weighted by molar-refractivity contribution is -0.00312. The minimum absolute atomic E-state index is 0.409. The van der Waals surface area contributed by atoms with Crippen LogP contribution in [0.15, 0.2) is 133 Å². The molecule has 208 valence electrons. The second kappa shape index (κ2) is 14.9. The molecule has 3 aromatic carbocycles. The van der Waals surface area contributed by atoms with Gasteiger partial charge < -0.3 is 14.2 Å². The quantitative estimate of drug-likeness (QED) is 0.161. The number of ether oxygens (including phenoxy) is 3. The first-order chi connectivity index (χ1) is 19.4. The van der Waals surface area contributed by atoms with Gasteiger partial charge in [0.2, 0.25) is 0 Å². The van der Waals surface area contributed by atoms with Crippen molar-refractivity contribution in [1.29, 1.82) is 0 Å². The molecule has 0 amide bonds. The number of rotatable bonds is 13. The second-order valence-electron chi connectivity index (χ2n) is 9.58. The highest BCUT2D eigenvalue weighted by Crippen LogP contribution is 2.42. The fourth-order valence-corrected chi connectivity index (χ4v) is 4.71. The van der Waals surface area contributed by atoms with Crippen molar-refractivity contribution < 1.29 is 14.2 Å². The van der Waals surface area contributed by atoms with Crippen molar-refractivity contribution in [2.75, 3.05) is 13.7 Å². The topological polar surface area (TPSA) is 27.7 Å². The molecule has 0 bridgehead atoms. The molecule has 0 spiro atoms. The van der Waals surface area contributed by atoms with Crippen molar-refractivity contribution in [2.45, 2.75) is 46.8 Å². The lowest BCUT2D eigenvalue weighted by atomic mass is 9.80. The maximum Gasteiger partial charge on any atom is 0.139 e. The Hall–Kier alpha value is -4.08. The molecule has 0 fully saturated rings. The summed E-state index contributed by atoms with van der Waals surface area (Å²) in [6, 6.07) is 24.7. The van der Waals surface area contributed by atoms with Gasteiger partial charge in [-0.15, -0.1) is 0 Å². The third-order valence-electron chi connectivity index (χ3n) is 7.01. The Bertz CT molecular complexity index is 1390. The van der Waals surface area contributed by atoms with E-state index in [4.69, 9.17) is 14.2 Å². The molecule has 0 aliphatic heterocycles. The molecule has 1 unspecified atom stereocenters. The van der Waals surface area contributed by atoms with Crippen LogP contribution in [-0.2, 0) is 16.9 Å². The molecular weight excluding hydrogens is 492 g/mol. The zero-order valence-electron chi connectivity index (χ0n) is 24.7. The third kappa shape index (κ3) is 7.31. The van der Waals surface area contributed by atoms with E-state index in [1.807, 2.05) is 70.2 Å². The molecule has 0 aromatic heterocycles. The second-order valence-corrected chi connectivity index (χ2v) is 9.58. The number of benzene rings is 3. The van der Waals surface area contributed by atoms with Crippen molar-refractivity contribution >= 4 is 0 Å². The molecule has 3 heteroatoms. The molecule has 0 saturated carbocycles. The van der Waals surface area contributed by atoms with Gasteiger partial charge in [0.05, 0.1) is 13.7 Å². The van der Waals surface area contributed by atoms with Crippen LogP contribution in [-0.4, -0.2) is 13.7 Å². The van der Waals surface area contributed by atoms with Crippen molar-refractivity contribution in [3.63, 3.8) is 0 Å². The first-order valence-electron chi connectivity index (χ1n) is 13.8. The van der Waals surface area contributed by atoms with Crippen LogP contribution in [0.5, 0.6) is 11.5 Å². The Kier molecular flexibility index (Phi) is 11.4. The van der Waals surface area contributed by atoms with Gasteiger partial charge in [-0.25, -0.2) is 0 Å². The summed E-state index contributed by atoms with van der Waals surface area (Å²) in [7, 11) is 1.67. The molecule has 0 aliphatic rings. The molecule has 0 radical (unpaired) electrons. The van der Waals surface area contributed by atoms with Crippen LogP contribution in [0.25, 0.3) is 11.1 Å². The Balaban J connectivity index is 1.91. The van der Waals surface area contributed by atoms with Crippen molar-refractivity contribution in [3.8, 4) is 22.6 Å². The number of methoxy groups -OCH3 is 1. The Labute approximate surface area is 240 Å². The van der Waals surface area contributed by atoms with Crippen LogP contribution in [0.3, 0.4) is 0 Å². The molecule has 1 atom stereocenters. The highest BCUT2D eigenvalue weighted by atomic mass is 16.5. The minimum atomic E-state index is -0.811. The van der Waals surface area contributed by atoms with E-state index in [1.54, 1.807) is 7.11 Å². The summed E-state index contributed by atoms with van der Waals surface area (Å²) in [4.78, 5) is 0. The Morgan fingerprint density at radius 2 is 1.48 bits per heavy atom. The third-order valence-corrected chi connectivity index (χ3v) is 7.01. The van der Waals surface area contributed by atoms with Gasteiger partial charge in [-0.2, -0.15) is 0 Å². The molecular formula is C37H42O3. The zero-order chi connectivity index (χ0) is 29.0. The van der Waals surface area contributed by atoms with Crippen LogP contribution in [0.2, 0.25) is 0 Å². The molecule has 3 rings (SSSR count). The standard InChI is InChI=1S/C37H42O3/c1-8-14-29(6)37(28(5)10-3,34-20-22-35(38-7)23-21-34)40-27-31-16-12-17-32(24-31)33-18-13-19-36(25-33)39-26-30(11-4)15-9-2/h8-25H,6,26-27H2,1-5,7H3. The summed E-state index contributed by atoms with van der Waals surface area (Å²) in [6.07, 6.45) is 12.3. The molecule has 3 nitrogen and oxygen atoms in total. The maximum absolute atomic E-state index is 6.86. The lowest BCUT2D eigenvalue weighted by Gasteiger charge is -2.37. The van der Waals surface area contributed by atoms with Crippen LogP contribution in [0, 0.1) is 0 Å². The van der Waals surface area contributed by atoms with E-state index in [-0.39, 0.29) is 0 Å². The summed E-state index contributed by atoms with van der Waals surface area (Å²) in [6.45, 7) is 15.5. The highest BCUT2D eigenvalue weighted by molar-refractivity contribution is 5.65. The van der Waals surface area contributed by atoms with Gasteiger partial charge >= 0.3 is 0 Å². The van der Waals surface area contributed by atoms with Crippen LogP contribution >= 0.6 is 0 Å². The lowest BCUT2D eigenvalue weighted by Crippen LogP contribution is -2.33. The first kappa shape index (κ1) is 30.5. The Morgan fingerprint density at radius 3 is 2.10 bits per heavy atom. The SMILES string of the molecule is C=C(C=CC)C(OCc1cccc(-c2cccc(OCC(C=CC)=CC)c2)c1)(C(C)=CC)c1ccc(OC)cc1. The van der Waals surface area contributed by atoms with E-state index < -0.39 is 5.60 Å². The van der Waals surface area contributed by atoms with Crippen LogP contribution < -0.4 is 9.47 Å². The normalized spacial score (nSPS) is 13.9. The highest BCUT2D eigenvalue weighted by Gasteiger charge is 2.37.